The summed E-state index contributed by atoms with van der Waals surface area (Å²) in [5, 5.41) is 1.16. The quantitative estimate of drug-likeness (QED) is 0.670. The summed E-state index contributed by atoms with van der Waals surface area (Å²) in [6, 6.07) is 15.9. The maximum Gasteiger partial charge on any atom is 0.157 e. The minimum Gasteiger partial charge on any atom is -0.304 e. The van der Waals surface area contributed by atoms with Gasteiger partial charge in [0.25, 0.3) is 0 Å². The molecule has 0 fully saturated rings. The number of benzene rings is 2. The SMILES string of the molecule is CC=O.Cc1ccc(S(=O)n2cc(C)c3ccccc32)cc1. The van der Waals surface area contributed by atoms with E-state index in [4.69, 9.17) is 4.79 Å². The highest BCUT2D eigenvalue weighted by atomic mass is 32.2. The highest BCUT2D eigenvalue weighted by molar-refractivity contribution is 7.83. The summed E-state index contributed by atoms with van der Waals surface area (Å²) in [4.78, 5) is 9.63. The Balaban J connectivity index is 0.000000545. The lowest BCUT2D eigenvalue weighted by molar-refractivity contribution is -0.106. The van der Waals surface area contributed by atoms with Crippen LogP contribution in [0.15, 0.2) is 59.6 Å². The molecule has 0 N–H and O–H groups in total. The molecule has 0 aliphatic rings. The monoisotopic (exact) mass is 313 g/mol. The van der Waals surface area contributed by atoms with E-state index in [1.807, 2.05) is 66.5 Å². The largest absolute Gasteiger partial charge is 0.304 e. The molecular weight excluding hydrogens is 294 g/mol. The van der Waals surface area contributed by atoms with Crippen LogP contribution >= 0.6 is 0 Å². The van der Waals surface area contributed by atoms with Gasteiger partial charge in [-0.1, -0.05) is 35.9 Å². The minimum atomic E-state index is -1.19. The maximum atomic E-state index is 12.7. The number of aldehydes is 1. The first-order valence-electron chi connectivity index (χ1n) is 7.04. The van der Waals surface area contributed by atoms with E-state index in [0.717, 1.165) is 27.6 Å². The first-order chi connectivity index (χ1) is 10.6. The average Bonchev–Trinajstić information content (AvgIpc) is 2.86. The molecule has 0 saturated heterocycles. The molecule has 0 aliphatic heterocycles. The molecular formula is C18H19NO2S. The molecule has 0 saturated carbocycles. The van der Waals surface area contributed by atoms with Crippen LogP contribution in [0.4, 0.5) is 0 Å². The number of fused-ring (bicyclic) bond motifs is 1. The third kappa shape index (κ3) is 3.34. The van der Waals surface area contributed by atoms with Gasteiger partial charge in [-0.05, 0) is 44.5 Å². The van der Waals surface area contributed by atoms with Crippen LogP contribution in [-0.4, -0.2) is 14.5 Å². The van der Waals surface area contributed by atoms with E-state index in [9.17, 15) is 4.21 Å². The van der Waals surface area contributed by atoms with Crippen molar-refractivity contribution in [2.75, 3.05) is 0 Å². The topological polar surface area (TPSA) is 39.1 Å². The van der Waals surface area contributed by atoms with Crippen molar-refractivity contribution in [3.05, 3.63) is 65.9 Å². The zero-order valence-corrected chi connectivity index (χ0v) is 13.8. The molecule has 1 aromatic heterocycles. The van der Waals surface area contributed by atoms with E-state index in [0.29, 0.717) is 0 Å². The predicted molar refractivity (Wildman–Crippen MR) is 91.4 cm³/mol. The molecule has 1 atom stereocenters. The smallest absolute Gasteiger partial charge is 0.157 e. The zero-order valence-electron chi connectivity index (χ0n) is 12.9. The number of nitrogens with zero attached hydrogens (tertiary/aromatic N) is 1. The number of carbonyl (C=O) groups is 1. The number of para-hydroxylation sites is 1. The Bertz CT molecular complexity index is 804. The van der Waals surface area contributed by atoms with Crippen molar-refractivity contribution in [3.63, 3.8) is 0 Å². The van der Waals surface area contributed by atoms with Crippen LogP contribution in [0.2, 0.25) is 0 Å². The molecule has 0 aliphatic carbocycles. The molecule has 0 radical (unpaired) electrons. The number of aromatic nitrogens is 1. The van der Waals surface area contributed by atoms with Crippen molar-refractivity contribution in [2.24, 2.45) is 0 Å². The molecule has 0 bridgehead atoms. The fourth-order valence-corrected chi connectivity index (χ4v) is 3.41. The van der Waals surface area contributed by atoms with Crippen LogP contribution in [0.5, 0.6) is 0 Å². The van der Waals surface area contributed by atoms with Gasteiger partial charge in [-0.3, -0.25) is 3.97 Å². The fourth-order valence-electron chi connectivity index (χ4n) is 2.22. The lowest BCUT2D eigenvalue weighted by atomic mass is 10.2. The molecule has 4 heteroatoms. The fraction of sp³-hybridized carbons (Fsp3) is 0.167. The first-order valence-corrected chi connectivity index (χ1v) is 8.14. The molecule has 1 heterocycles. The summed E-state index contributed by atoms with van der Waals surface area (Å²) < 4.78 is 14.5. The van der Waals surface area contributed by atoms with Crippen molar-refractivity contribution in [1.82, 2.24) is 3.97 Å². The van der Waals surface area contributed by atoms with Crippen LogP contribution < -0.4 is 0 Å². The maximum absolute atomic E-state index is 12.7. The van der Waals surface area contributed by atoms with E-state index >= 15 is 0 Å². The van der Waals surface area contributed by atoms with Crippen molar-refractivity contribution in [2.45, 2.75) is 25.7 Å². The normalized spacial score (nSPS) is 11.6. The minimum absolute atomic E-state index is 0.750. The first kappa shape index (κ1) is 16.2. The molecule has 0 amide bonds. The Morgan fingerprint density at radius 1 is 1.00 bits per heavy atom. The van der Waals surface area contributed by atoms with Gasteiger partial charge in [0.1, 0.15) is 6.29 Å². The summed E-state index contributed by atoms with van der Waals surface area (Å²) in [7, 11) is -1.19. The van der Waals surface area contributed by atoms with Crippen LogP contribution in [0, 0.1) is 13.8 Å². The molecule has 3 nitrogen and oxygen atoms in total. The van der Waals surface area contributed by atoms with E-state index in [1.54, 1.807) is 0 Å². The second-order valence-electron chi connectivity index (χ2n) is 4.95. The zero-order chi connectivity index (χ0) is 16.1. The second-order valence-corrected chi connectivity index (χ2v) is 6.32. The molecule has 114 valence electrons. The van der Waals surface area contributed by atoms with Gasteiger partial charge in [0.05, 0.1) is 10.4 Å². The van der Waals surface area contributed by atoms with Crippen molar-refractivity contribution in [1.29, 1.82) is 0 Å². The van der Waals surface area contributed by atoms with Gasteiger partial charge in [0.2, 0.25) is 0 Å². The summed E-state index contributed by atoms with van der Waals surface area (Å²) in [6.07, 6.45) is 2.71. The summed E-state index contributed by atoms with van der Waals surface area (Å²) in [6.45, 7) is 5.52. The Morgan fingerprint density at radius 3 is 2.23 bits per heavy atom. The lowest BCUT2D eigenvalue weighted by Gasteiger charge is -2.05. The number of hydrogen-bond acceptors (Lipinski definition) is 2. The van der Waals surface area contributed by atoms with E-state index in [1.165, 1.54) is 12.5 Å². The molecule has 3 aromatic rings. The second kappa shape index (κ2) is 7.18. The highest BCUT2D eigenvalue weighted by Gasteiger charge is 2.11. The third-order valence-electron chi connectivity index (χ3n) is 3.28. The number of rotatable bonds is 2. The molecule has 3 rings (SSSR count). The number of hydrogen-bond donors (Lipinski definition) is 0. The van der Waals surface area contributed by atoms with E-state index in [2.05, 4.69) is 6.07 Å². The van der Waals surface area contributed by atoms with Crippen molar-refractivity contribution in [3.8, 4) is 0 Å². The molecule has 1 unspecified atom stereocenters. The van der Waals surface area contributed by atoms with Crippen LogP contribution in [0.1, 0.15) is 18.1 Å². The van der Waals surface area contributed by atoms with E-state index < -0.39 is 11.0 Å². The molecule has 2 aromatic carbocycles. The van der Waals surface area contributed by atoms with Gasteiger partial charge in [-0.2, -0.15) is 0 Å². The Morgan fingerprint density at radius 2 is 1.59 bits per heavy atom. The van der Waals surface area contributed by atoms with Gasteiger partial charge in [-0.25, -0.2) is 4.21 Å². The van der Waals surface area contributed by atoms with Crippen LogP contribution in [0.25, 0.3) is 10.9 Å². The van der Waals surface area contributed by atoms with Crippen LogP contribution in [0.3, 0.4) is 0 Å². The molecule has 0 spiro atoms. The Kier molecular flexibility index (Phi) is 5.28. The summed E-state index contributed by atoms with van der Waals surface area (Å²) >= 11 is 0. The Hall–Kier alpha value is -2.20. The van der Waals surface area contributed by atoms with Crippen molar-refractivity contribution < 1.29 is 9.00 Å². The summed E-state index contributed by atoms with van der Waals surface area (Å²) in [5.41, 5.74) is 3.34. The van der Waals surface area contributed by atoms with Gasteiger partial charge < -0.3 is 4.79 Å². The Labute approximate surface area is 133 Å². The third-order valence-corrected chi connectivity index (χ3v) is 4.61. The molecule has 22 heavy (non-hydrogen) atoms. The average molecular weight is 313 g/mol. The van der Waals surface area contributed by atoms with Gasteiger partial charge >= 0.3 is 0 Å². The van der Waals surface area contributed by atoms with Gasteiger partial charge in [0, 0.05) is 11.6 Å². The standard InChI is InChI=1S/C16H15NOS.C2H4O/c1-12-7-9-14(10-8-12)19(18)17-11-13(2)15-5-3-4-6-16(15)17;1-2-3/h3-11H,1-2H3;2H,1H3. The highest BCUT2D eigenvalue weighted by Crippen LogP contribution is 2.23. The van der Waals surface area contributed by atoms with Gasteiger partial charge in [-0.15, -0.1) is 0 Å². The number of carbonyl (C=O) groups excluding carboxylic acids is 1. The lowest BCUT2D eigenvalue weighted by Crippen LogP contribution is -2.03. The number of aryl methyl sites for hydroxylation is 2. The van der Waals surface area contributed by atoms with Gasteiger partial charge in [0.15, 0.2) is 11.0 Å². The van der Waals surface area contributed by atoms with E-state index in [-0.39, 0.29) is 0 Å². The van der Waals surface area contributed by atoms with Crippen molar-refractivity contribution >= 4 is 28.2 Å². The summed E-state index contributed by atoms with van der Waals surface area (Å²) in [5.74, 6) is 0. The predicted octanol–water partition coefficient (Wildman–Crippen LogP) is 4.03. The van der Waals surface area contributed by atoms with Crippen LogP contribution in [-0.2, 0) is 15.8 Å².